The molecule has 4 heteroatoms. The summed E-state index contributed by atoms with van der Waals surface area (Å²) in [6.07, 6.45) is 0.532. The molecule has 0 spiro atoms. The molecule has 1 aromatic carbocycles. The second-order valence-electron chi connectivity index (χ2n) is 3.24. The van der Waals surface area contributed by atoms with Gasteiger partial charge in [0, 0.05) is 12.6 Å². The largest absolute Gasteiger partial charge is 0.492 e. The van der Waals surface area contributed by atoms with Crippen LogP contribution in [0.2, 0.25) is 5.02 Å². The molecule has 0 amide bonds. The number of nitrogens with two attached hydrogens (primary N) is 1. The van der Waals surface area contributed by atoms with Crippen LogP contribution in [0.4, 0.5) is 0 Å². The van der Waals surface area contributed by atoms with Crippen LogP contribution in [0.1, 0.15) is 24.9 Å². The van der Waals surface area contributed by atoms with Crippen molar-refractivity contribution in [1.29, 1.82) is 0 Å². The monoisotopic (exact) mass is 229 g/mol. The highest BCUT2D eigenvalue weighted by molar-refractivity contribution is 6.32. The van der Waals surface area contributed by atoms with Gasteiger partial charge in [-0.05, 0) is 31.0 Å². The second-order valence-corrected chi connectivity index (χ2v) is 3.65. The third kappa shape index (κ3) is 3.38. The maximum absolute atomic E-state index is 8.77. The van der Waals surface area contributed by atoms with E-state index < -0.39 is 0 Å². The van der Waals surface area contributed by atoms with E-state index in [-0.39, 0.29) is 12.6 Å². The number of aliphatic hydroxyl groups excluding tert-OH is 1. The first kappa shape index (κ1) is 12.3. The standard InChI is InChI=1S/C11H16ClNO2/c1-2-15-11-4-3-8(7-9(11)12)10(13)5-6-14/h3-4,7,10,14H,2,5-6,13H2,1H3. The lowest BCUT2D eigenvalue weighted by molar-refractivity contribution is 0.276. The van der Waals surface area contributed by atoms with Gasteiger partial charge in [0.25, 0.3) is 0 Å². The predicted octanol–water partition coefficient (Wildman–Crippen LogP) is 2.12. The van der Waals surface area contributed by atoms with Crippen LogP contribution >= 0.6 is 11.6 Å². The Kier molecular flexibility index (Phi) is 4.88. The molecule has 1 aromatic rings. The maximum Gasteiger partial charge on any atom is 0.137 e. The molecule has 0 aliphatic carbocycles. The Hall–Kier alpha value is -0.770. The van der Waals surface area contributed by atoms with E-state index >= 15 is 0 Å². The molecule has 0 aromatic heterocycles. The second kappa shape index (κ2) is 5.95. The first-order chi connectivity index (χ1) is 7.19. The maximum atomic E-state index is 8.77. The van der Waals surface area contributed by atoms with E-state index in [1.165, 1.54) is 0 Å². The molecular weight excluding hydrogens is 214 g/mol. The van der Waals surface area contributed by atoms with E-state index in [0.29, 0.717) is 23.8 Å². The van der Waals surface area contributed by atoms with Crippen molar-refractivity contribution in [3.05, 3.63) is 28.8 Å². The third-order valence-corrected chi connectivity index (χ3v) is 2.42. The minimum atomic E-state index is -0.178. The molecule has 1 atom stereocenters. The number of rotatable bonds is 5. The number of aliphatic hydroxyl groups is 1. The fourth-order valence-electron chi connectivity index (χ4n) is 1.33. The van der Waals surface area contributed by atoms with Crippen molar-refractivity contribution in [2.24, 2.45) is 5.73 Å². The van der Waals surface area contributed by atoms with Crippen LogP contribution in [0.25, 0.3) is 0 Å². The minimum Gasteiger partial charge on any atom is -0.492 e. The van der Waals surface area contributed by atoms with Crippen molar-refractivity contribution in [3.8, 4) is 5.75 Å². The Balaban J connectivity index is 2.81. The third-order valence-electron chi connectivity index (χ3n) is 2.12. The highest BCUT2D eigenvalue weighted by Gasteiger charge is 2.08. The van der Waals surface area contributed by atoms with Crippen molar-refractivity contribution >= 4 is 11.6 Å². The summed E-state index contributed by atoms with van der Waals surface area (Å²) in [5.74, 6) is 0.666. The number of hydrogen-bond acceptors (Lipinski definition) is 3. The van der Waals surface area contributed by atoms with Crippen molar-refractivity contribution < 1.29 is 9.84 Å². The van der Waals surface area contributed by atoms with E-state index in [1.807, 2.05) is 13.0 Å². The fraction of sp³-hybridized carbons (Fsp3) is 0.455. The van der Waals surface area contributed by atoms with E-state index in [2.05, 4.69) is 0 Å². The van der Waals surface area contributed by atoms with Crippen LogP contribution in [0.3, 0.4) is 0 Å². The summed E-state index contributed by atoms with van der Waals surface area (Å²) in [5.41, 5.74) is 6.75. The van der Waals surface area contributed by atoms with Gasteiger partial charge < -0.3 is 15.6 Å². The number of ether oxygens (including phenoxy) is 1. The van der Waals surface area contributed by atoms with Gasteiger partial charge in [-0.1, -0.05) is 17.7 Å². The lowest BCUT2D eigenvalue weighted by Crippen LogP contribution is -2.11. The van der Waals surface area contributed by atoms with E-state index in [0.717, 1.165) is 5.56 Å². The molecule has 1 rings (SSSR count). The van der Waals surface area contributed by atoms with Crippen molar-refractivity contribution in [2.45, 2.75) is 19.4 Å². The molecule has 0 radical (unpaired) electrons. The first-order valence-electron chi connectivity index (χ1n) is 4.97. The van der Waals surface area contributed by atoms with Crippen LogP contribution in [-0.2, 0) is 0 Å². The van der Waals surface area contributed by atoms with Gasteiger partial charge in [0.1, 0.15) is 5.75 Å². The molecule has 0 heterocycles. The highest BCUT2D eigenvalue weighted by Crippen LogP contribution is 2.28. The summed E-state index contributed by atoms with van der Waals surface area (Å²) in [6.45, 7) is 2.56. The lowest BCUT2D eigenvalue weighted by Gasteiger charge is -2.12. The molecular formula is C11H16ClNO2. The van der Waals surface area contributed by atoms with Gasteiger partial charge in [-0.3, -0.25) is 0 Å². The molecule has 3 nitrogen and oxygen atoms in total. The van der Waals surface area contributed by atoms with Gasteiger partial charge in [0.2, 0.25) is 0 Å². The van der Waals surface area contributed by atoms with Crippen LogP contribution in [0, 0.1) is 0 Å². The zero-order valence-corrected chi connectivity index (χ0v) is 9.50. The van der Waals surface area contributed by atoms with Crippen LogP contribution in [0.5, 0.6) is 5.75 Å². The number of hydrogen-bond donors (Lipinski definition) is 2. The van der Waals surface area contributed by atoms with Crippen molar-refractivity contribution in [3.63, 3.8) is 0 Å². The summed E-state index contributed by atoms with van der Waals surface area (Å²) < 4.78 is 5.31. The Morgan fingerprint density at radius 1 is 1.53 bits per heavy atom. The van der Waals surface area contributed by atoms with Gasteiger partial charge in [-0.25, -0.2) is 0 Å². The summed E-state index contributed by atoms with van der Waals surface area (Å²) >= 11 is 6.01. The van der Waals surface area contributed by atoms with E-state index in [1.54, 1.807) is 12.1 Å². The zero-order chi connectivity index (χ0) is 11.3. The molecule has 0 saturated carbocycles. The topological polar surface area (TPSA) is 55.5 Å². The van der Waals surface area contributed by atoms with Crippen LogP contribution in [-0.4, -0.2) is 18.3 Å². The van der Waals surface area contributed by atoms with Gasteiger partial charge in [0.15, 0.2) is 0 Å². The van der Waals surface area contributed by atoms with Crippen LogP contribution < -0.4 is 10.5 Å². The summed E-state index contributed by atoms with van der Waals surface area (Å²) in [6, 6.07) is 5.28. The summed E-state index contributed by atoms with van der Waals surface area (Å²) in [4.78, 5) is 0. The highest BCUT2D eigenvalue weighted by atomic mass is 35.5. The Bertz CT molecular complexity index is 317. The van der Waals surface area contributed by atoms with E-state index in [9.17, 15) is 0 Å². The summed E-state index contributed by atoms with van der Waals surface area (Å²) in [7, 11) is 0. The van der Waals surface area contributed by atoms with Gasteiger partial charge >= 0.3 is 0 Å². The Labute approximate surface area is 94.8 Å². The first-order valence-corrected chi connectivity index (χ1v) is 5.35. The Morgan fingerprint density at radius 3 is 2.80 bits per heavy atom. The van der Waals surface area contributed by atoms with Crippen molar-refractivity contribution in [2.75, 3.05) is 13.2 Å². The quantitative estimate of drug-likeness (QED) is 0.813. The predicted molar refractivity (Wildman–Crippen MR) is 61.3 cm³/mol. The van der Waals surface area contributed by atoms with Gasteiger partial charge in [-0.15, -0.1) is 0 Å². The van der Waals surface area contributed by atoms with Gasteiger partial charge in [-0.2, -0.15) is 0 Å². The molecule has 1 unspecified atom stereocenters. The average Bonchev–Trinajstić information content (AvgIpc) is 2.21. The zero-order valence-electron chi connectivity index (χ0n) is 8.74. The molecule has 0 fully saturated rings. The van der Waals surface area contributed by atoms with E-state index in [4.69, 9.17) is 27.2 Å². The molecule has 15 heavy (non-hydrogen) atoms. The smallest absolute Gasteiger partial charge is 0.137 e. The van der Waals surface area contributed by atoms with Gasteiger partial charge in [0.05, 0.1) is 11.6 Å². The molecule has 0 bridgehead atoms. The Morgan fingerprint density at radius 2 is 2.27 bits per heavy atom. The SMILES string of the molecule is CCOc1ccc(C(N)CCO)cc1Cl. The molecule has 0 saturated heterocycles. The molecule has 0 aliphatic heterocycles. The molecule has 84 valence electrons. The molecule has 0 aliphatic rings. The summed E-state index contributed by atoms with van der Waals surface area (Å²) in [5, 5.41) is 9.33. The normalized spacial score (nSPS) is 12.5. The number of halogens is 1. The minimum absolute atomic E-state index is 0.0754. The average molecular weight is 230 g/mol. The fourth-order valence-corrected chi connectivity index (χ4v) is 1.57. The number of benzene rings is 1. The lowest BCUT2D eigenvalue weighted by atomic mass is 10.1. The van der Waals surface area contributed by atoms with Crippen LogP contribution in [0.15, 0.2) is 18.2 Å². The van der Waals surface area contributed by atoms with Crippen molar-refractivity contribution in [1.82, 2.24) is 0 Å². The molecule has 3 N–H and O–H groups in total.